The van der Waals surface area contributed by atoms with E-state index in [0.717, 1.165) is 42.4 Å². The van der Waals surface area contributed by atoms with Gasteiger partial charge in [0.25, 0.3) is 0 Å². The highest BCUT2D eigenvalue weighted by Gasteiger charge is 2.15. The Morgan fingerprint density at radius 1 is 0.811 bits per heavy atom. The molecular weight excluding hydrogens is 456 g/mol. The number of carbonyl (C=O) groups is 1. The number of allylic oxidation sites excluding steroid dienone is 8. The number of aliphatic hydroxyl groups excluding tert-OH is 1. The Balaban J connectivity index is -0.000000602. The molecule has 0 aliphatic carbocycles. The molecule has 0 radical (unpaired) electrons. The summed E-state index contributed by atoms with van der Waals surface area (Å²) in [7, 11) is 2.61. The van der Waals surface area contributed by atoms with Crippen LogP contribution in [0.15, 0.2) is 84.7 Å². The van der Waals surface area contributed by atoms with Gasteiger partial charge in [0.05, 0.1) is 7.11 Å². The summed E-state index contributed by atoms with van der Waals surface area (Å²) in [6.07, 6.45) is 11.9. The van der Waals surface area contributed by atoms with Gasteiger partial charge in [0.2, 0.25) is 0 Å². The first-order valence-electron chi connectivity index (χ1n) is 13.3. The van der Waals surface area contributed by atoms with Crippen molar-refractivity contribution in [3.8, 4) is 0 Å². The molecule has 0 saturated carbocycles. The third-order valence-electron chi connectivity index (χ3n) is 6.11. The Morgan fingerprint density at radius 3 is 1.62 bits per heavy atom. The van der Waals surface area contributed by atoms with E-state index in [1.54, 1.807) is 7.11 Å². The number of rotatable bonds is 15. The van der Waals surface area contributed by atoms with E-state index >= 15 is 0 Å². The number of ether oxygens (including phenoxy) is 1. The van der Waals surface area contributed by atoms with Crippen LogP contribution in [-0.2, 0) is 9.53 Å². The molecule has 3 heteroatoms. The first-order chi connectivity index (χ1) is 17.3. The summed E-state index contributed by atoms with van der Waals surface area (Å²) in [6.45, 7) is 39.9. The predicted molar refractivity (Wildman–Crippen MR) is 168 cm³/mol. The number of carbonyl (C=O) groups excluding carboxylic acids is 1. The Labute approximate surface area is 231 Å². The van der Waals surface area contributed by atoms with Crippen molar-refractivity contribution in [1.29, 1.82) is 0 Å². The summed E-state index contributed by atoms with van der Waals surface area (Å²) in [5.41, 5.74) is 5.38. The summed E-state index contributed by atoms with van der Waals surface area (Å²) in [4.78, 5) is 8.00. The van der Waals surface area contributed by atoms with E-state index in [-0.39, 0.29) is 0 Å². The average Bonchev–Trinajstić information content (AvgIpc) is 2.88. The Hall–Kier alpha value is -2.39. The van der Waals surface area contributed by atoms with Crippen LogP contribution in [-0.4, -0.2) is 26.1 Å². The summed E-state index contributed by atoms with van der Waals surface area (Å²) in [6, 6.07) is 0. The zero-order chi connectivity index (χ0) is 30.1. The maximum Gasteiger partial charge on any atom is 0.111 e. The quantitative estimate of drug-likeness (QED) is 0.134. The molecule has 3 atom stereocenters. The van der Waals surface area contributed by atoms with Gasteiger partial charge in [-0.2, -0.15) is 0 Å². The van der Waals surface area contributed by atoms with Crippen LogP contribution in [0.1, 0.15) is 87.5 Å². The van der Waals surface area contributed by atoms with Crippen LogP contribution in [0.25, 0.3) is 0 Å². The molecule has 0 heterocycles. The Bertz CT molecular complexity index is 717. The molecule has 0 rings (SSSR count). The minimum Gasteiger partial charge on any atom is -0.497 e. The van der Waals surface area contributed by atoms with Crippen molar-refractivity contribution < 1.29 is 14.6 Å². The average molecular weight is 517 g/mol. The van der Waals surface area contributed by atoms with Crippen LogP contribution in [0.3, 0.4) is 0 Å². The molecule has 0 bridgehead atoms. The molecule has 0 aromatic carbocycles. The molecular formula is C34H60O3. The van der Waals surface area contributed by atoms with Gasteiger partial charge in [-0.1, -0.05) is 104 Å². The maximum atomic E-state index is 8.00. The molecule has 214 valence electrons. The SMILES string of the molecule is C=C(/C=C\C(=C)C(=C)/C(=C\C(=C)C(C)CCC(C)C(C)CCC(C)C)CC)OC.C=C(C)C.C=O.CO. The molecule has 1 N–H and O–H groups in total. The van der Waals surface area contributed by atoms with Crippen LogP contribution in [0.5, 0.6) is 0 Å². The third-order valence-corrected chi connectivity index (χ3v) is 6.11. The fraction of sp³-hybridized carbons (Fsp3) is 0.559. The number of hydrogen-bond donors (Lipinski definition) is 1. The highest BCUT2D eigenvalue weighted by molar-refractivity contribution is 5.51. The Morgan fingerprint density at radius 2 is 1.24 bits per heavy atom. The fourth-order valence-corrected chi connectivity index (χ4v) is 3.20. The largest absolute Gasteiger partial charge is 0.497 e. The van der Waals surface area contributed by atoms with Gasteiger partial charge in [-0.05, 0) is 79.6 Å². The van der Waals surface area contributed by atoms with Crippen molar-refractivity contribution in [3.63, 3.8) is 0 Å². The summed E-state index contributed by atoms with van der Waals surface area (Å²) in [5, 5.41) is 7.00. The molecule has 37 heavy (non-hydrogen) atoms. The number of methoxy groups -OCH3 is 1. The lowest BCUT2D eigenvalue weighted by atomic mass is 9.83. The van der Waals surface area contributed by atoms with Gasteiger partial charge in [-0.25, -0.2) is 0 Å². The topological polar surface area (TPSA) is 46.5 Å². The zero-order valence-electron chi connectivity index (χ0n) is 26.1. The smallest absolute Gasteiger partial charge is 0.111 e. The van der Waals surface area contributed by atoms with Crippen molar-refractivity contribution in [2.45, 2.75) is 87.5 Å². The molecule has 0 aliphatic heterocycles. The van der Waals surface area contributed by atoms with Crippen molar-refractivity contribution in [1.82, 2.24) is 0 Å². The van der Waals surface area contributed by atoms with Crippen molar-refractivity contribution in [2.24, 2.45) is 23.7 Å². The van der Waals surface area contributed by atoms with Gasteiger partial charge in [0.15, 0.2) is 0 Å². The molecule has 3 nitrogen and oxygen atoms in total. The van der Waals surface area contributed by atoms with Crippen molar-refractivity contribution >= 4 is 6.79 Å². The minimum absolute atomic E-state index is 0.473. The summed E-state index contributed by atoms with van der Waals surface area (Å²) < 4.78 is 5.07. The van der Waals surface area contributed by atoms with Gasteiger partial charge >= 0.3 is 0 Å². The van der Waals surface area contributed by atoms with Crippen molar-refractivity contribution in [3.05, 3.63) is 84.7 Å². The molecule has 0 amide bonds. The van der Waals surface area contributed by atoms with Crippen LogP contribution in [0.2, 0.25) is 0 Å². The lowest BCUT2D eigenvalue weighted by molar-refractivity contribution is -0.0980. The molecule has 0 spiro atoms. The highest BCUT2D eigenvalue weighted by atomic mass is 16.5. The highest BCUT2D eigenvalue weighted by Crippen LogP contribution is 2.29. The lowest BCUT2D eigenvalue weighted by Gasteiger charge is -2.23. The van der Waals surface area contributed by atoms with Crippen LogP contribution < -0.4 is 0 Å². The van der Waals surface area contributed by atoms with E-state index in [0.29, 0.717) is 11.7 Å². The first kappa shape index (κ1) is 41.7. The first-order valence-corrected chi connectivity index (χ1v) is 13.3. The fourth-order valence-electron chi connectivity index (χ4n) is 3.20. The van der Waals surface area contributed by atoms with E-state index in [1.165, 1.54) is 42.4 Å². The van der Waals surface area contributed by atoms with E-state index in [9.17, 15) is 0 Å². The molecule has 0 aromatic heterocycles. The van der Waals surface area contributed by atoms with E-state index < -0.39 is 0 Å². The van der Waals surface area contributed by atoms with Crippen LogP contribution in [0, 0.1) is 23.7 Å². The monoisotopic (exact) mass is 516 g/mol. The third kappa shape index (κ3) is 25.1. The standard InChI is InChI=1S/C28H46O.C4H8.CH4O.CH2O/c1-12-28(27(10)24(7)17-18-26(9)29-11)19-25(8)23(6)16-15-22(5)21(4)14-13-20(2)3;1-4(2)3;2*1-2/h17-23H,7-10,12-16H2,1-6,11H3;1H2,2-3H3;2H,1H3;1H2/b18-17-,28-19-;;;. The summed E-state index contributed by atoms with van der Waals surface area (Å²) in [5.74, 6) is 3.42. The van der Waals surface area contributed by atoms with Crippen LogP contribution in [0.4, 0.5) is 0 Å². The van der Waals surface area contributed by atoms with Gasteiger partial charge < -0.3 is 14.6 Å². The second-order valence-corrected chi connectivity index (χ2v) is 10.2. The number of hydrogen-bond acceptors (Lipinski definition) is 3. The van der Waals surface area contributed by atoms with Gasteiger partial charge in [-0.3, -0.25) is 0 Å². The van der Waals surface area contributed by atoms with Gasteiger partial charge in [0, 0.05) is 7.11 Å². The molecule has 0 aromatic rings. The second kappa shape index (κ2) is 26.7. The second-order valence-electron chi connectivity index (χ2n) is 10.2. The summed E-state index contributed by atoms with van der Waals surface area (Å²) >= 11 is 0. The minimum atomic E-state index is 0.473. The van der Waals surface area contributed by atoms with E-state index in [4.69, 9.17) is 14.6 Å². The van der Waals surface area contributed by atoms with Gasteiger partial charge in [-0.15, -0.1) is 6.58 Å². The predicted octanol–water partition coefficient (Wildman–Crippen LogP) is 9.84. The molecule has 0 aliphatic rings. The molecule has 0 saturated heterocycles. The van der Waals surface area contributed by atoms with E-state index in [2.05, 4.69) is 80.5 Å². The normalized spacial score (nSPS) is 12.9. The zero-order valence-corrected chi connectivity index (χ0v) is 26.1. The maximum absolute atomic E-state index is 8.00. The number of aliphatic hydroxyl groups is 1. The Kier molecular flexibility index (Phi) is 30.1. The molecule has 0 fully saturated rings. The van der Waals surface area contributed by atoms with Gasteiger partial charge in [0.1, 0.15) is 12.5 Å². The van der Waals surface area contributed by atoms with Crippen LogP contribution >= 0.6 is 0 Å². The molecule has 3 unspecified atom stereocenters. The lowest BCUT2D eigenvalue weighted by Crippen LogP contribution is -2.11. The van der Waals surface area contributed by atoms with Crippen molar-refractivity contribution in [2.75, 3.05) is 14.2 Å². The van der Waals surface area contributed by atoms with E-state index in [1.807, 2.05) is 32.8 Å².